The van der Waals surface area contributed by atoms with Gasteiger partial charge in [0, 0.05) is 25.7 Å². The Hall–Kier alpha value is -0.120. The average Bonchev–Trinajstić information content (AvgIpc) is 2.93. The molecule has 1 N–H and O–H groups in total. The van der Waals surface area contributed by atoms with E-state index in [4.69, 9.17) is 4.74 Å². The fourth-order valence-corrected chi connectivity index (χ4v) is 3.83. The zero-order valence-electron chi connectivity index (χ0n) is 12.9. The smallest absolute Gasteiger partial charge is 0.0702 e. The maximum absolute atomic E-state index is 5.82. The predicted octanol–water partition coefficient (Wildman–Crippen LogP) is 2.66. The molecule has 3 heteroatoms. The van der Waals surface area contributed by atoms with E-state index in [0.717, 1.165) is 25.6 Å². The number of rotatable bonds is 7. The molecule has 0 aromatic rings. The molecule has 3 nitrogen and oxygen atoms in total. The van der Waals surface area contributed by atoms with Gasteiger partial charge >= 0.3 is 0 Å². The van der Waals surface area contributed by atoms with Gasteiger partial charge in [0.2, 0.25) is 0 Å². The molecule has 2 atom stereocenters. The molecule has 0 bridgehead atoms. The van der Waals surface area contributed by atoms with Crippen molar-refractivity contribution < 1.29 is 4.74 Å². The van der Waals surface area contributed by atoms with Crippen molar-refractivity contribution in [3.63, 3.8) is 0 Å². The second-order valence-corrected chi connectivity index (χ2v) is 6.19. The second kappa shape index (κ2) is 8.23. The molecular weight excluding hydrogens is 236 g/mol. The lowest BCUT2D eigenvalue weighted by atomic mass is 9.96. The van der Waals surface area contributed by atoms with Crippen LogP contribution >= 0.6 is 0 Å². The van der Waals surface area contributed by atoms with Gasteiger partial charge in [-0.15, -0.1) is 0 Å². The van der Waals surface area contributed by atoms with Crippen molar-refractivity contribution in [3.05, 3.63) is 0 Å². The van der Waals surface area contributed by atoms with Crippen molar-refractivity contribution in [1.82, 2.24) is 10.2 Å². The maximum Gasteiger partial charge on any atom is 0.0702 e. The lowest BCUT2D eigenvalue weighted by molar-refractivity contribution is 0.00179. The van der Waals surface area contributed by atoms with Gasteiger partial charge in [-0.3, -0.25) is 4.90 Å². The van der Waals surface area contributed by atoms with Crippen molar-refractivity contribution >= 4 is 0 Å². The lowest BCUT2D eigenvalue weighted by Gasteiger charge is -2.36. The SMILES string of the molecule is CCNC(CN1CCCC(OCC)C1)C1CCCC1. The minimum atomic E-state index is 0.476. The van der Waals surface area contributed by atoms with Crippen molar-refractivity contribution in [2.24, 2.45) is 5.92 Å². The van der Waals surface area contributed by atoms with Gasteiger partial charge < -0.3 is 10.1 Å². The number of likely N-dealkylation sites (N-methyl/N-ethyl adjacent to an activating group) is 1. The Morgan fingerprint density at radius 1 is 1.16 bits per heavy atom. The fourth-order valence-electron chi connectivity index (χ4n) is 3.83. The Labute approximate surface area is 119 Å². The maximum atomic E-state index is 5.82. The number of hydrogen-bond donors (Lipinski definition) is 1. The van der Waals surface area contributed by atoms with E-state index in [0.29, 0.717) is 12.1 Å². The molecule has 1 aliphatic carbocycles. The minimum absolute atomic E-state index is 0.476. The zero-order valence-corrected chi connectivity index (χ0v) is 12.9. The summed E-state index contributed by atoms with van der Waals surface area (Å²) in [4.78, 5) is 2.63. The number of nitrogens with zero attached hydrogens (tertiary/aromatic N) is 1. The fraction of sp³-hybridized carbons (Fsp3) is 1.00. The van der Waals surface area contributed by atoms with E-state index in [9.17, 15) is 0 Å². The molecule has 0 aromatic carbocycles. The Morgan fingerprint density at radius 2 is 1.95 bits per heavy atom. The van der Waals surface area contributed by atoms with Crippen molar-refractivity contribution in [3.8, 4) is 0 Å². The Kier molecular flexibility index (Phi) is 6.62. The molecular formula is C16H32N2O. The molecule has 1 saturated heterocycles. The van der Waals surface area contributed by atoms with Gasteiger partial charge in [0.15, 0.2) is 0 Å². The first-order valence-electron chi connectivity index (χ1n) is 8.40. The standard InChI is InChI=1S/C16H32N2O/c1-3-17-16(14-8-5-6-9-14)13-18-11-7-10-15(12-18)19-4-2/h14-17H,3-13H2,1-2H3. The summed E-state index contributed by atoms with van der Waals surface area (Å²) >= 11 is 0. The number of likely N-dealkylation sites (tertiary alicyclic amines) is 1. The topological polar surface area (TPSA) is 24.5 Å². The molecule has 1 saturated carbocycles. The van der Waals surface area contributed by atoms with E-state index in [1.165, 1.54) is 51.6 Å². The van der Waals surface area contributed by atoms with Crippen molar-refractivity contribution in [2.75, 3.05) is 32.8 Å². The quantitative estimate of drug-likeness (QED) is 0.768. The summed E-state index contributed by atoms with van der Waals surface area (Å²) in [5, 5.41) is 3.74. The summed E-state index contributed by atoms with van der Waals surface area (Å²) in [6.07, 6.45) is 8.77. The van der Waals surface area contributed by atoms with E-state index in [-0.39, 0.29) is 0 Å². The van der Waals surface area contributed by atoms with Crippen LogP contribution in [0, 0.1) is 5.92 Å². The average molecular weight is 268 g/mol. The summed E-state index contributed by atoms with van der Waals surface area (Å²) in [5.41, 5.74) is 0. The Bertz CT molecular complexity index is 239. The van der Waals surface area contributed by atoms with Gasteiger partial charge in [0.05, 0.1) is 6.10 Å². The molecule has 0 radical (unpaired) electrons. The van der Waals surface area contributed by atoms with Crippen LogP contribution in [0.1, 0.15) is 52.4 Å². The number of nitrogens with one attached hydrogen (secondary N) is 1. The predicted molar refractivity (Wildman–Crippen MR) is 80.5 cm³/mol. The van der Waals surface area contributed by atoms with Crippen molar-refractivity contribution in [2.45, 2.75) is 64.5 Å². The molecule has 19 heavy (non-hydrogen) atoms. The monoisotopic (exact) mass is 268 g/mol. The van der Waals surface area contributed by atoms with Gasteiger partial charge in [-0.05, 0) is 51.6 Å². The molecule has 2 unspecified atom stereocenters. The van der Waals surface area contributed by atoms with E-state index in [1.807, 2.05) is 0 Å². The first-order chi connectivity index (χ1) is 9.33. The van der Waals surface area contributed by atoms with Crippen LogP contribution in [0.5, 0.6) is 0 Å². The number of piperidine rings is 1. The Balaban J connectivity index is 1.81. The third-order valence-corrected chi connectivity index (χ3v) is 4.75. The van der Waals surface area contributed by atoms with Gasteiger partial charge in [-0.25, -0.2) is 0 Å². The number of hydrogen-bond acceptors (Lipinski definition) is 3. The summed E-state index contributed by atoms with van der Waals surface area (Å²) in [6, 6.07) is 0.702. The van der Waals surface area contributed by atoms with Crippen LogP contribution in [0.4, 0.5) is 0 Å². The molecule has 2 aliphatic rings. The van der Waals surface area contributed by atoms with Crippen molar-refractivity contribution in [1.29, 1.82) is 0 Å². The van der Waals surface area contributed by atoms with Crippen LogP contribution in [0.25, 0.3) is 0 Å². The third kappa shape index (κ3) is 4.73. The summed E-state index contributed by atoms with van der Waals surface area (Å²) in [7, 11) is 0. The highest BCUT2D eigenvalue weighted by Gasteiger charge is 2.28. The largest absolute Gasteiger partial charge is 0.377 e. The molecule has 2 rings (SSSR count). The molecule has 0 spiro atoms. The van der Waals surface area contributed by atoms with Gasteiger partial charge in [-0.2, -0.15) is 0 Å². The van der Waals surface area contributed by atoms with Gasteiger partial charge in [-0.1, -0.05) is 19.8 Å². The summed E-state index contributed by atoms with van der Waals surface area (Å²) in [6.45, 7) is 9.93. The van der Waals surface area contributed by atoms with E-state index in [2.05, 4.69) is 24.1 Å². The molecule has 1 heterocycles. The molecule has 1 aliphatic heterocycles. The molecule has 0 amide bonds. The first kappa shape index (κ1) is 15.3. The molecule has 0 aromatic heterocycles. The van der Waals surface area contributed by atoms with Crippen LogP contribution in [0.3, 0.4) is 0 Å². The first-order valence-corrected chi connectivity index (χ1v) is 8.40. The molecule has 2 fully saturated rings. The lowest BCUT2D eigenvalue weighted by Crippen LogP contribution is -2.49. The van der Waals surface area contributed by atoms with Crippen LogP contribution in [-0.2, 0) is 4.74 Å². The highest BCUT2D eigenvalue weighted by molar-refractivity contribution is 4.85. The molecule has 112 valence electrons. The number of ether oxygens (including phenoxy) is 1. The van der Waals surface area contributed by atoms with Gasteiger partial charge in [0.1, 0.15) is 0 Å². The highest BCUT2D eigenvalue weighted by atomic mass is 16.5. The van der Waals surface area contributed by atoms with Crippen LogP contribution < -0.4 is 5.32 Å². The van der Waals surface area contributed by atoms with Gasteiger partial charge in [0.25, 0.3) is 0 Å². The van der Waals surface area contributed by atoms with Crippen LogP contribution in [-0.4, -0.2) is 49.8 Å². The normalized spacial score (nSPS) is 27.8. The van der Waals surface area contributed by atoms with Crippen LogP contribution in [0.2, 0.25) is 0 Å². The highest BCUT2D eigenvalue weighted by Crippen LogP contribution is 2.28. The zero-order chi connectivity index (χ0) is 13.5. The third-order valence-electron chi connectivity index (χ3n) is 4.75. The summed E-state index contributed by atoms with van der Waals surface area (Å²) in [5.74, 6) is 0.910. The van der Waals surface area contributed by atoms with E-state index < -0.39 is 0 Å². The Morgan fingerprint density at radius 3 is 2.63 bits per heavy atom. The van der Waals surface area contributed by atoms with E-state index in [1.54, 1.807) is 0 Å². The van der Waals surface area contributed by atoms with Crippen LogP contribution in [0.15, 0.2) is 0 Å². The second-order valence-electron chi connectivity index (χ2n) is 6.19. The van der Waals surface area contributed by atoms with E-state index >= 15 is 0 Å². The minimum Gasteiger partial charge on any atom is -0.377 e. The summed E-state index contributed by atoms with van der Waals surface area (Å²) < 4.78 is 5.82.